The standard InChI is InChI=1S/C28H30F2N4O2/c1-18-12-14-34(19(2)28(18,36)20-7-4-3-5-8-20)27(35)24-17-33(26-9-6-13-31-32-26)16-23(24)22-11-10-21(29)15-25(22)30/h3-11,13,15,18-19,23-24,36H,12,14,16-17H2,1-2H3/t18-,19-,23-,24+,28-/m0/s1. The molecular formula is C28H30F2N4O2. The van der Waals surface area contributed by atoms with Crippen molar-refractivity contribution in [3.8, 4) is 0 Å². The van der Waals surface area contributed by atoms with Gasteiger partial charge in [0.2, 0.25) is 5.91 Å². The average Bonchev–Trinajstić information content (AvgIpc) is 3.33. The SMILES string of the molecule is C[C@@H]1N(C(=O)[C@@H]2CN(c3cccnn3)C[C@H]2c2ccc(F)cc2F)CC[C@H](C)[C@@]1(O)c1ccccc1. The van der Waals surface area contributed by atoms with Crippen molar-refractivity contribution in [3.63, 3.8) is 0 Å². The number of halogens is 2. The van der Waals surface area contributed by atoms with Crippen LogP contribution in [0.3, 0.4) is 0 Å². The van der Waals surface area contributed by atoms with Crippen LogP contribution in [0.5, 0.6) is 0 Å². The molecule has 2 fully saturated rings. The highest BCUT2D eigenvalue weighted by molar-refractivity contribution is 5.82. The van der Waals surface area contributed by atoms with Crippen LogP contribution < -0.4 is 4.90 Å². The molecule has 2 aromatic carbocycles. The van der Waals surface area contributed by atoms with Crippen molar-refractivity contribution in [2.75, 3.05) is 24.5 Å². The molecule has 3 aromatic rings. The molecule has 6 nitrogen and oxygen atoms in total. The van der Waals surface area contributed by atoms with E-state index in [1.807, 2.05) is 49.1 Å². The van der Waals surface area contributed by atoms with Crippen molar-refractivity contribution in [3.05, 3.63) is 89.6 Å². The number of likely N-dealkylation sites (tertiary alicyclic amines) is 1. The van der Waals surface area contributed by atoms with Crippen LogP contribution in [-0.4, -0.2) is 51.8 Å². The molecule has 2 aliphatic heterocycles. The molecule has 5 rings (SSSR count). The lowest BCUT2D eigenvalue weighted by Gasteiger charge is -2.50. The van der Waals surface area contributed by atoms with Crippen LogP contribution in [0, 0.1) is 23.5 Å². The van der Waals surface area contributed by atoms with Gasteiger partial charge >= 0.3 is 0 Å². The molecule has 1 amide bonds. The summed E-state index contributed by atoms with van der Waals surface area (Å²) in [6.45, 7) is 5.05. The molecule has 0 spiro atoms. The third-order valence-corrected chi connectivity index (χ3v) is 8.06. The van der Waals surface area contributed by atoms with Crippen molar-refractivity contribution in [2.24, 2.45) is 11.8 Å². The number of anilines is 1. The van der Waals surface area contributed by atoms with Gasteiger partial charge in [-0.1, -0.05) is 43.3 Å². The van der Waals surface area contributed by atoms with Crippen LogP contribution in [0.15, 0.2) is 66.9 Å². The van der Waals surface area contributed by atoms with Crippen LogP contribution in [-0.2, 0) is 10.4 Å². The summed E-state index contributed by atoms with van der Waals surface area (Å²) in [5, 5.41) is 20.0. The third-order valence-electron chi connectivity index (χ3n) is 8.06. The Morgan fingerprint density at radius 2 is 1.83 bits per heavy atom. The van der Waals surface area contributed by atoms with E-state index >= 15 is 0 Å². The molecule has 1 N–H and O–H groups in total. The molecule has 3 heterocycles. The zero-order valence-electron chi connectivity index (χ0n) is 20.4. The van der Waals surface area contributed by atoms with Crippen LogP contribution in [0.4, 0.5) is 14.6 Å². The van der Waals surface area contributed by atoms with Crippen LogP contribution in [0.2, 0.25) is 0 Å². The van der Waals surface area contributed by atoms with Gasteiger partial charge in [0, 0.05) is 37.8 Å². The number of aliphatic hydroxyl groups is 1. The van der Waals surface area contributed by atoms with Gasteiger partial charge in [0.15, 0.2) is 5.82 Å². The van der Waals surface area contributed by atoms with E-state index in [2.05, 4.69) is 10.2 Å². The quantitative estimate of drug-likeness (QED) is 0.594. The molecule has 8 heteroatoms. The van der Waals surface area contributed by atoms with E-state index in [1.165, 1.54) is 12.1 Å². The van der Waals surface area contributed by atoms with E-state index in [-0.39, 0.29) is 11.8 Å². The van der Waals surface area contributed by atoms with Crippen molar-refractivity contribution >= 4 is 11.7 Å². The summed E-state index contributed by atoms with van der Waals surface area (Å²) in [6, 6.07) is 16.1. The smallest absolute Gasteiger partial charge is 0.228 e. The molecule has 0 unspecified atom stereocenters. The van der Waals surface area contributed by atoms with E-state index in [0.717, 1.165) is 11.6 Å². The highest BCUT2D eigenvalue weighted by Crippen LogP contribution is 2.44. The predicted molar refractivity (Wildman–Crippen MR) is 132 cm³/mol. The summed E-state index contributed by atoms with van der Waals surface area (Å²) < 4.78 is 28.6. The maximum Gasteiger partial charge on any atom is 0.228 e. The Hall–Kier alpha value is -3.39. The van der Waals surface area contributed by atoms with E-state index in [0.29, 0.717) is 37.4 Å². The maximum absolute atomic E-state index is 14.9. The highest BCUT2D eigenvalue weighted by atomic mass is 19.1. The highest BCUT2D eigenvalue weighted by Gasteiger charge is 2.51. The molecule has 188 valence electrons. The van der Waals surface area contributed by atoms with E-state index < -0.39 is 35.1 Å². The summed E-state index contributed by atoms with van der Waals surface area (Å²) in [4.78, 5) is 17.8. The predicted octanol–water partition coefficient (Wildman–Crippen LogP) is 4.12. The molecule has 2 saturated heterocycles. The fourth-order valence-corrected chi connectivity index (χ4v) is 5.96. The maximum atomic E-state index is 14.9. The van der Waals surface area contributed by atoms with Gasteiger partial charge in [0.25, 0.3) is 0 Å². The average molecular weight is 493 g/mol. The lowest BCUT2D eigenvalue weighted by Crippen LogP contribution is -2.60. The Kier molecular flexibility index (Phi) is 6.47. The topological polar surface area (TPSA) is 69.6 Å². The van der Waals surface area contributed by atoms with Gasteiger partial charge in [-0.2, -0.15) is 5.10 Å². The van der Waals surface area contributed by atoms with Crippen LogP contribution >= 0.6 is 0 Å². The summed E-state index contributed by atoms with van der Waals surface area (Å²) in [5.74, 6) is -2.03. The number of hydrogen-bond acceptors (Lipinski definition) is 5. The van der Waals surface area contributed by atoms with Crippen molar-refractivity contribution < 1.29 is 18.7 Å². The lowest BCUT2D eigenvalue weighted by molar-refractivity contribution is -0.159. The molecule has 1 aromatic heterocycles. The zero-order valence-corrected chi connectivity index (χ0v) is 20.4. The molecule has 36 heavy (non-hydrogen) atoms. The molecule has 5 atom stereocenters. The van der Waals surface area contributed by atoms with Crippen LogP contribution in [0.1, 0.15) is 37.3 Å². The number of amides is 1. The molecular weight excluding hydrogens is 462 g/mol. The summed E-state index contributed by atoms with van der Waals surface area (Å²) in [6.07, 6.45) is 2.21. The molecule has 0 radical (unpaired) electrons. The van der Waals surface area contributed by atoms with E-state index in [4.69, 9.17) is 0 Å². The van der Waals surface area contributed by atoms with Gasteiger partial charge in [0.05, 0.1) is 12.0 Å². The second-order valence-corrected chi connectivity index (χ2v) is 9.95. The third kappa shape index (κ3) is 4.13. The number of carbonyl (C=O) groups excluding carboxylic acids is 1. The normalized spacial score (nSPS) is 28.4. The second-order valence-electron chi connectivity index (χ2n) is 9.95. The summed E-state index contributed by atoms with van der Waals surface area (Å²) >= 11 is 0. The first-order valence-corrected chi connectivity index (χ1v) is 12.4. The first kappa shape index (κ1) is 24.3. The number of hydrogen-bond donors (Lipinski definition) is 1. The molecule has 0 aliphatic carbocycles. The van der Waals surface area contributed by atoms with Gasteiger partial charge in [-0.15, -0.1) is 5.10 Å². The second kappa shape index (κ2) is 9.58. The Bertz CT molecular complexity index is 1230. The fraction of sp³-hybridized carbons (Fsp3) is 0.393. The summed E-state index contributed by atoms with van der Waals surface area (Å²) in [7, 11) is 0. The lowest BCUT2D eigenvalue weighted by atomic mass is 9.72. The number of benzene rings is 2. The van der Waals surface area contributed by atoms with Crippen molar-refractivity contribution in [1.82, 2.24) is 15.1 Å². The van der Waals surface area contributed by atoms with Crippen molar-refractivity contribution in [1.29, 1.82) is 0 Å². The van der Waals surface area contributed by atoms with Gasteiger partial charge in [-0.05, 0) is 48.6 Å². The number of rotatable bonds is 4. The molecule has 2 aliphatic rings. The number of piperidine rings is 1. The Morgan fingerprint density at radius 1 is 1.06 bits per heavy atom. The van der Waals surface area contributed by atoms with E-state index in [1.54, 1.807) is 23.2 Å². The number of aromatic nitrogens is 2. The summed E-state index contributed by atoms with van der Waals surface area (Å²) in [5.41, 5.74) is -0.136. The zero-order chi connectivity index (χ0) is 25.4. The largest absolute Gasteiger partial charge is 0.383 e. The van der Waals surface area contributed by atoms with E-state index in [9.17, 15) is 18.7 Å². The van der Waals surface area contributed by atoms with Gasteiger partial charge < -0.3 is 14.9 Å². The minimum Gasteiger partial charge on any atom is -0.383 e. The monoisotopic (exact) mass is 492 g/mol. The number of nitrogens with zero attached hydrogens (tertiary/aromatic N) is 4. The first-order valence-electron chi connectivity index (χ1n) is 12.4. The Morgan fingerprint density at radius 3 is 2.53 bits per heavy atom. The first-order chi connectivity index (χ1) is 17.3. The Labute approximate surface area is 209 Å². The van der Waals surface area contributed by atoms with Gasteiger partial charge in [-0.3, -0.25) is 4.79 Å². The minimum absolute atomic E-state index is 0.0519. The van der Waals surface area contributed by atoms with Crippen LogP contribution in [0.25, 0.3) is 0 Å². The minimum atomic E-state index is -1.21. The van der Waals surface area contributed by atoms with Gasteiger partial charge in [-0.25, -0.2) is 8.78 Å². The molecule has 0 saturated carbocycles. The number of carbonyl (C=O) groups is 1. The Balaban J connectivity index is 1.49. The fourth-order valence-electron chi connectivity index (χ4n) is 5.96. The molecule has 0 bridgehead atoms. The van der Waals surface area contributed by atoms with Crippen molar-refractivity contribution in [2.45, 2.75) is 37.8 Å². The van der Waals surface area contributed by atoms with Gasteiger partial charge in [0.1, 0.15) is 17.2 Å².